The number of pyridine rings is 1. The zero-order valence-corrected chi connectivity index (χ0v) is 7.68. The molecule has 0 atom stereocenters. The van der Waals surface area contributed by atoms with Crippen molar-refractivity contribution in [2.45, 2.75) is 11.8 Å². The highest BCUT2D eigenvalue weighted by Crippen LogP contribution is 2.19. The summed E-state index contributed by atoms with van der Waals surface area (Å²) in [6.45, 7) is 2.01. The topological polar surface area (TPSA) is 12.9 Å². The Morgan fingerprint density at radius 2 is 2.08 bits per heavy atom. The Bertz CT molecular complexity index is 423. The van der Waals surface area contributed by atoms with Crippen molar-refractivity contribution in [3.8, 4) is 0 Å². The van der Waals surface area contributed by atoms with Gasteiger partial charge in [0.25, 0.3) is 0 Å². The molecular formula is C10H9NS. The van der Waals surface area contributed by atoms with Crippen LogP contribution in [0.1, 0.15) is 5.69 Å². The largest absolute Gasteiger partial charge is 0.261 e. The average Bonchev–Trinajstić information content (AvgIpc) is 2.04. The third-order valence-corrected chi connectivity index (χ3v) is 2.23. The van der Waals surface area contributed by atoms with Gasteiger partial charge in [-0.15, -0.1) is 12.6 Å². The molecule has 2 heteroatoms. The van der Waals surface area contributed by atoms with Crippen LogP contribution in [-0.4, -0.2) is 4.98 Å². The molecule has 0 aliphatic heterocycles. The van der Waals surface area contributed by atoms with Gasteiger partial charge in [0.05, 0.1) is 0 Å². The van der Waals surface area contributed by atoms with Crippen LogP contribution in [0, 0.1) is 6.92 Å². The molecule has 0 saturated carbocycles. The highest BCUT2D eigenvalue weighted by Gasteiger charge is 1.96. The van der Waals surface area contributed by atoms with Crippen LogP contribution in [0.5, 0.6) is 0 Å². The molecule has 0 amide bonds. The number of rotatable bonds is 0. The van der Waals surface area contributed by atoms with Crippen molar-refractivity contribution in [2.75, 3.05) is 0 Å². The summed E-state index contributed by atoms with van der Waals surface area (Å²) >= 11 is 4.27. The van der Waals surface area contributed by atoms with Gasteiger partial charge in [0, 0.05) is 22.2 Å². The molecule has 0 aliphatic rings. The number of benzene rings is 1. The molecule has 1 heterocycles. The molecule has 0 unspecified atom stereocenters. The third-order valence-electron chi connectivity index (χ3n) is 1.95. The lowest BCUT2D eigenvalue weighted by molar-refractivity contribution is 1.23. The first-order valence-corrected chi connectivity index (χ1v) is 4.26. The molecule has 0 aliphatic carbocycles. The molecule has 1 aromatic carbocycles. The Labute approximate surface area is 76.9 Å². The fraction of sp³-hybridized carbons (Fsp3) is 0.100. The molecule has 12 heavy (non-hydrogen) atoms. The molecule has 0 bridgehead atoms. The SMILES string of the molecule is Cc1nccc2cc(S)ccc12. The number of thiol groups is 1. The smallest absolute Gasteiger partial charge is 0.0450 e. The zero-order chi connectivity index (χ0) is 8.55. The van der Waals surface area contributed by atoms with Crippen LogP contribution < -0.4 is 0 Å². The predicted molar refractivity (Wildman–Crippen MR) is 53.7 cm³/mol. The van der Waals surface area contributed by atoms with Crippen molar-refractivity contribution in [3.63, 3.8) is 0 Å². The first kappa shape index (κ1) is 7.62. The quantitative estimate of drug-likeness (QED) is 0.607. The fourth-order valence-electron chi connectivity index (χ4n) is 1.32. The summed E-state index contributed by atoms with van der Waals surface area (Å²) in [4.78, 5) is 5.21. The Morgan fingerprint density at radius 3 is 2.92 bits per heavy atom. The van der Waals surface area contributed by atoms with E-state index in [1.807, 2.05) is 31.3 Å². The second-order valence-corrected chi connectivity index (χ2v) is 3.32. The van der Waals surface area contributed by atoms with Gasteiger partial charge >= 0.3 is 0 Å². The summed E-state index contributed by atoms with van der Waals surface area (Å²) in [6, 6.07) is 8.09. The van der Waals surface area contributed by atoms with Crippen molar-refractivity contribution >= 4 is 23.4 Å². The van der Waals surface area contributed by atoms with Gasteiger partial charge < -0.3 is 0 Å². The van der Waals surface area contributed by atoms with Crippen LogP contribution in [0.2, 0.25) is 0 Å². The highest BCUT2D eigenvalue weighted by atomic mass is 32.1. The maximum Gasteiger partial charge on any atom is 0.0450 e. The Morgan fingerprint density at radius 1 is 1.25 bits per heavy atom. The summed E-state index contributed by atoms with van der Waals surface area (Å²) in [7, 11) is 0. The van der Waals surface area contributed by atoms with Gasteiger partial charge in [0.2, 0.25) is 0 Å². The van der Waals surface area contributed by atoms with E-state index in [0.717, 1.165) is 10.6 Å². The molecule has 0 spiro atoms. The number of hydrogen-bond donors (Lipinski definition) is 1. The van der Waals surface area contributed by atoms with E-state index < -0.39 is 0 Å². The lowest BCUT2D eigenvalue weighted by Crippen LogP contribution is -1.82. The van der Waals surface area contributed by atoms with E-state index in [2.05, 4.69) is 23.7 Å². The van der Waals surface area contributed by atoms with E-state index in [0.29, 0.717) is 0 Å². The summed E-state index contributed by atoms with van der Waals surface area (Å²) in [5, 5.41) is 2.41. The molecule has 60 valence electrons. The van der Waals surface area contributed by atoms with Gasteiger partial charge in [-0.1, -0.05) is 6.07 Å². The standard InChI is InChI=1S/C10H9NS/c1-7-10-3-2-9(12)6-8(10)4-5-11-7/h2-6,12H,1H3. The predicted octanol–water partition coefficient (Wildman–Crippen LogP) is 2.83. The molecule has 0 N–H and O–H groups in total. The first-order valence-electron chi connectivity index (χ1n) is 3.82. The summed E-state index contributed by atoms with van der Waals surface area (Å²) in [5.74, 6) is 0. The van der Waals surface area contributed by atoms with Crippen molar-refractivity contribution in [1.29, 1.82) is 0 Å². The molecule has 0 fully saturated rings. The van der Waals surface area contributed by atoms with Crippen LogP contribution in [0.4, 0.5) is 0 Å². The first-order chi connectivity index (χ1) is 5.77. The van der Waals surface area contributed by atoms with E-state index >= 15 is 0 Å². The summed E-state index contributed by atoms with van der Waals surface area (Å²) in [6.07, 6.45) is 1.82. The number of fused-ring (bicyclic) bond motifs is 1. The van der Waals surface area contributed by atoms with E-state index in [9.17, 15) is 0 Å². The summed E-state index contributed by atoms with van der Waals surface area (Å²) < 4.78 is 0. The van der Waals surface area contributed by atoms with Gasteiger partial charge in [0.15, 0.2) is 0 Å². The molecule has 1 nitrogen and oxygen atoms in total. The molecule has 0 radical (unpaired) electrons. The normalized spacial score (nSPS) is 10.5. The third kappa shape index (κ3) is 1.18. The van der Waals surface area contributed by atoms with Gasteiger partial charge in [-0.3, -0.25) is 4.98 Å². The molecule has 2 rings (SSSR count). The van der Waals surface area contributed by atoms with Crippen LogP contribution in [0.3, 0.4) is 0 Å². The Kier molecular flexibility index (Phi) is 1.77. The van der Waals surface area contributed by atoms with Gasteiger partial charge in [-0.25, -0.2) is 0 Å². The lowest BCUT2D eigenvalue weighted by atomic mass is 10.1. The molecule has 0 saturated heterocycles. The maximum atomic E-state index is 4.27. The minimum absolute atomic E-state index is 0.994. The number of aromatic nitrogens is 1. The van der Waals surface area contributed by atoms with Crippen molar-refractivity contribution < 1.29 is 0 Å². The van der Waals surface area contributed by atoms with Crippen molar-refractivity contribution in [1.82, 2.24) is 4.98 Å². The monoisotopic (exact) mass is 175 g/mol. The minimum atomic E-state index is 0.994. The van der Waals surface area contributed by atoms with Crippen molar-refractivity contribution in [3.05, 3.63) is 36.2 Å². The highest BCUT2D eigenvalue weighted by molar-refractivity contribution is 7.80. The summed E-state index contributed by atoms with van der Waals surface area (Å²) in [5.41, 5.74) is 1.07. The second-order valence-electron chi connectivity index (χ2n) is 2.80. The van der Waals surface area contributed by atoms with Crippen LogP contribution in [0.15, 0.2) is 35.4 Å². The minimum Gasteiger partial charge on any atom is -0.261 e. The van der Waals surface area contributed by atoms with Gasteiger partial charge in [0.1, 0.15) is 0 Å². The van der Waals surface area contributed by atoms with Crippen LogP contribution in [-0.2, 0) is 0 Å². The number of nitrogens with zero attached hydrogens (tertiary/aromatic N) is 1. The average molecular weight is 175 g/mol. The number of hydrogen-bond acceptors (Lipinski definition) is 2. The number of aryl methyl sites for hydroxylation is 1. The zero-order valence-electron chi connectivity index (χ0n) is 6.78. The Balaban J connectivity index is 2.86. The second kappa shape index (κ2) is 2.79. The van der Waals surface area contributed by atoms with Gasteiger partial charge in [-0.05, 0) is 30.5 Å². The van der Waals surface area contributed by atoms with Gasteiger partial charge in [-0.2, -0.15) is 0 Å². The van der Waals surface area contributed by atoms with Crippen LogP contribution >= 0.6 is 12.6 Å². The lowest BCUT2D eigenvalue weighted by Gasteiger charge is -2.00. The Hall–Kier alpha value is -1.02. The van der Waals surface area contributed by atoms with E-state index in [1.54, 1.807) is 0 Å². The molecule has 2 aromatic rings. The molecule has 1 aromatic heterocycles. The maximum absolute atomic E-state index is 4.27. The van der Waals surface area contributed by atoms with Crippen molar-refractivity contribution in [2.24, 2.45) is 0 Å². The van der Waals surface area contributed by atoms with E-state index in [4.69, 9.17) is 0 Å². The van der Waals surface area contributed by atoms with Crippen LogP contribution in [0.25, 0.3) is 10.8 Å². The van der Waals surface area contributed by atoms with E-state index in [-0.39, 0.29) is 0 Å². The fourth-order valence-corrected chi connectivity index (χ4v) is 1.53. The van der Waals surface area contributed by atoms with E-state index in [1.165, 1.54) is 10.8 Å². The molecular weight excluding hydrogens is 166 g/mol.